The van der Waals surface area contributed by atoms with Crippen LogP contribution in [-0.4, -0.2) is 78.0 Å². The maximum Gasteiger partial charge on any atom is 0.246 e. The fourth-order valence-electron chi connectivity index (χ4n) is 6.88. The van der Waals surface area contributed by atoms with E-state index in [2.05, 4.69) is 29.5 Å². The molecule has 1 aliphatic carbocycles. The molecule has 3 aliphatic heterocycles. The lowest BCUT2D eigenvalue weighted by Crippen LogP contribution is -2.56. The van der Waals surface area contributed by atoms with E-state index in [4.69, 9.17) is 16.3 Å². The van der Waals surface area contributed by atoms with E-state index in [9.17, 15) is 14.4 Å². The second-order valence-electron chi connectivity index (χ2n) is 11.6. The summed E-state index contributed by atoms with van der Waals surface area (Å²) in [5, 5.41) is 6.69. The van der Waals surface area contributed by atoms with Gasteiger partial charge in [-0.25, -0.2) is 0 Å². The Morgan fingerprint density at radius 3 is 2.67 bits per heavy atom. The predicted octanol–water partition coefficient (Wildman–Crippen LogP) is 4.00. The van der Waals surface area contributed by atoms with Crippen LogP contribution < -0.4 is 10.6 Å². The smallest absolute Gasteiger partial charge is 0.246 e. The Bertz CT molecular complexity index is 1110. The van der Waals surface area contributed by atoms with Crippen molar-refractivity contribution in [3.8, 4) is 0 Å². The van der Waals surface area contributed by atoms with Gasteiger partial charge in [0.2, 0.25) is 17.7 Å². The third kappa shape index (κ3) is 5.61. The number of anilines is 1. The summed E-state index contributed by atoms with van der Waals surface area (Å²) in [5.74, 6) is -2.10. The lowest BCUT2D eigenvalue weighted by atomic mass is 9.74. The zero-order valence-corrected chi connectivity index (χ0v) is 23.8. The van der Waals surface area contributed by atoms with Gasteiger partial charge in [-0.3, -0.25) is 14.4 Å². The van der Waals surface area contributed by atoms with Gasteiger partial charge in [-0.15, -0.1) is 0 Å². The third-order valence-corrected chi connectivity index (χ3v) is 9.04. The first-order valence-electron chi connectivity index (χ1n) is 14.6. The number of hydrogen-bond donors (Lipinski definition) is 2. The van der Waals surface area contributed by atoms with Crippen LogP contribution >= 0.6 is 11.6 Å². The molecular weight excluding hydrogens is 516 g/mol. The van der Waals surface area contributed by atoms with Gasteiger partial charge in [0.1, 0.15) is 11.6 Å². The number of unbranched alkanes of at least 4 members (excludes halogenated alkanes) is 1. The Kier molecular flexibility index (Phi) is 8.64. The first-order chi connectivity index (χ1) is 18.8. The average Bonchev–Trinajstić information content (AvgIpc) is 3.55. The number of carbonyl (C=O) groups is 3. The number of nitrogens with zero attached hydrogens (tertiary/aromatic N) is 2. The number of benzene rings is 1. The molecule has 1 saturated carbocycles. The van der Waals surface area contributed by atoms with Gasteiger partial charge in [0.25, 0.3) is 0 Å². The van der Waals surface area contributed by atoms with Crippen molar-refractivity contribution in [2.75, 3.05) is 32.0 Å². The topological polar surface area (TPSA) is 91.0 Å². The van der Waals surface area contributed by atoms with Crippen molar-refractivity contribution < 1.29 is 19.1 Å². The molecule has 39 heavy (non-hydrogen) atoms. The van der Waals surface area contributed by atoms with Gasteiger partial charge >= 0.3 is 0 Å². The highest BCUT2D eigenvalue weighted by Crippen LogP contribution is 2.55. The number of likely N-dealkylation sites (tertiary alicyclic amines) is 1. The molecule has 5 atom stereocenters. The molecule has 2 N–H and O–H groups in total. The number of rotatable bonds is 11. The second-order valence-corrected chi connectivity index (χ2v) is 12.0. The first kappa shape index (κ1) is 28.1. The van der Waals surface area contributed by atoms with E-state index in [0.717, 1.165) is 58.0 Å². The number of halogens is 1. The van der Waals surface area contributed by atoms with E-state index in [1.54, 1.807) is 29.2 Å². The van der Waals surface area contributed by atoms with Crippen LogP contribution in [0.2, 0.25) is 5.02 Å². The summed E-state index contributed by atoms with van der Waals surface area (Å²) in [6, 6.07) is 6.27. The van der Waals surface area contributed by atoms with Crippen LogP contribution in [0, 0.1) is 11.8 Å². The van der Waals surface area contributed by atoms with E-state index in [0.29, 0.717) is 17.3 Å². The molecule has 2 saturated heterocycles. The zero-order valence-electron chi connectivity index (χ0n) is 23.0. The molecule has 0 aromatic heterocycles. The lowest BCUT2D eigenvalue weighted by molar-refractivity contribution is -0.141. The fourth-order valence-corrected chi connectivity index (χ4v) is 7.07. The van der Waals surface area contributed by atoms with Gasteiger partial charge in [0, 0.05) is 23.3 Å². The molecule has 1 aromatic carbocycles. The monoisotopic (exact) mass is 556 g/mol. The summed E-state index contributed by atoms with van der Waals surface area (Å²) in [6.07, 6.45) is 11.5. The van der Waals surface area contributed by atoms with Gasteiger partial charge in [0.05, 0.1) is 17.9 Å². The Labute approximate surface area is 236 Å². The normalized spacial score (nSPS) is 29.7. The number of amides is 3. The zero-order chi connectivity index (χ0) is 27.6. The Morgan fingerprint density at radius 2 is 1.92 bits per heavy atom. The summed E-state index contributed by atoms with van der Waals surface area (Å²) in [6.45, 7) is 4.45. The first-order valence-corrected chi connectivity index (χ1v) is 14.9. The van der Waals surface area contributed by atoms with Gasteiger partial charge in [-0.05, 0) is 64.0 Å². The van der Waals surface area contributed by atoms with E-state index < -0.39 is 29.6 Å². The second kappa shape index (κ2) is 12.0. The maximum absolute atomic E-state index is 14.1. The molecule has 3 fully saturated rings. The van der Waals surface area contributed by atoms with Crippen LogP contribution in [0.25, 0.3) is 0 Å². The van der Waals surface area contributed by atoms with Crippen LogP contribution in [0.5, 0.6) is 0 Å². The van der Waals surface area contributed by atoms with Crippen molar-refractivity contribution in [2.24, 2.45) is 11.8 Å². The highest BCUT2D eigenvalue weighted by atomic mass is 35.5. The predicted molar refractivity (Wildman–Crippen MR) is 151 cm³/mol. The minimum absolute atomic E-state index is 0.114. The van der Waals surface area contributed by atoms with Crippen LogP contribution in [0.4, 0.5) is 5.69 Å². The van der Waals surface area contributed by atoms with Crippen LogP contribution in [0.1, 0.15) is 58.3 Å². The van der Waals surface area contributed by atoms with E-state index >= 15 is 0 Å². The van der Waals surface area contributed by atoms with Gasteiger partial charge in [-0.1, -0.05) is 62.4 Å². The Hall–Kier alpha value is -2.42. The number of hydrogen-bond acceptors (Lipinski definition) is 5. The van der Waals surface area contributed by atoms with Crippen molar-refractivity contribution in [3.63, 3.8) is 0 Å². The minimum Gasteiger partial charge on any atom is -0.359 e. The molecule has 1 aromatic rings. The van der Waals surface area contributed by atoms with E-state index in [1.807, 2.05) is 12.2 Å². The molecule has 4 aliphatic rings. The number of carbonyl (C=O) groups excluding carboxylic acids is 3. The SMILES string of the molecule is CCCCN(C)CCCN1C(=O)[C@H]2[C@H](C(=O)Nc3cccc(Cl)c3)[C@H]3C=C[C@@]2(O3)[C@H]1C(=O)NC1CCCCC1. The highest BCUT2D eigenvalue weighted by Gasteiger charge is 2.72. The molecule has 5 rings (SSSR count). The van der Waals surface area contributed by atoms with Crippen LogP contribution in [-0.2, 0) is 19.1 Å². The summed E-state index contributed by atoms with van der Waals surface area (Å²) in [4.78, 5) is 45.5. The molecule has 3 heterocycles. The van der Waals surface area contributed by atoms with E-state index in [1.165, 1.54) is 6.42 Å². The number of ether oxygens (including phenoxy) is 1. The fraction of sp³-hybridized carbons (Fsp3) is 0.633. The Morgan fingerprint density at radius 1 is 1.15 bits per heavy atom. The summed E-state index contributed by atoms with van der Waals surface area (Å²) < 4.78 is 6.45. The highest BCUT2D eigenvalue weighted by molar-refractivity contribution is 6.30. The molecule has 1 spiro atoms. The molecule has 8 nitrogen and oxygen atoms in total. The molecule has 3 amide bonds. The summed E-state index contributed by atoms with van der Waals surface area (Å²) >= 11 is 6.12. The van der Waals surface area contributed by atoms with Crippen LogP contribution in [0.3, 0.4) is 0 Å². The summed E-state index contributed by atoms with van der Waals surface area (Å²) in [5.41, 5.74) is -0.567. The standard InChI is InChI=1S/C30H41ClN4O4/c1-3-4-16-34(2)17-9-18-35-26(28(37)32-21-11-6-5-7-12-21)30-15-14-23(39-30)24(25(30)29(35)38)27(36)33-22-13-8-10-20(31)19-22/h8,10,13-15,19,21,23-26H,3-7,9,11-12,16-18H2,1-2H3,(H,32,37)(H,33,36)/t23-,24-,25-,26-,30+/m1/s1. The van der Waals surface area contributed by atoms with E-state index in [-0.39, 0.29) is 23.8 Å². The van der Waals surface area contributed by atoms with Gasteiger partial charge in [0.15, 0.2) is 0 Å². The molecule has 9 heteroatoms. The van der Waals surface area contributed by atoms with Gasteiger partial charge < -0.3 is 25.2 Å². The Balaban J connectivity index is 1.37. The van der Waals surface area contributed by atoms with Crippen molar-refractivity contribution in [3.05, 3.63) is 41.4 Å². The third-order valence-electron chi connectivity index (χ3n) is 8.80. The molecular formula is C30H41ClN4O4. The largest absolute Gasteiger partial charge is 0.359 e. The maximum atomic E-state index is 14.1. The van der Waals surface area contributed by atoms with Crippen molar-refractivity contribution in [1.29, 1.82) is 0 Å². The van der Waals surface area contributed by atoms with Crippen LogP contribution in [0.15, 0.2) is 36.4 Å². The van der Waals surface area contributed by atoms with Crippen molar-refractivity contribution in [1.82, 2.24) is 15.1 Å². The molecule has 0 unspecified atom stereocenters. The molecule has 212 valence electrons. The van der Waals surface area contributed by atoms with Crippen molar-refractivity contribution in [2.45, 2.75) is 82.1 Å². The number of nitrogens with one attached hydrogen (secondary N) is 2. The average molecular weight is 557 g/mol. The lowest BCUT2D eigenvalue weighted by Gasteiger charge is -2.34. The summed E-state index contributed by atoms with van der Waals surface area (Å²) in [7, 11) is 2.09. The molecule has 2 bridgehead atoms. The molecule has 0 radical (unpaired) electrons. The number of fused-ring (bicyclic) bond motifs is 1. The minimum atomic E-state index is -1.13. The van der Waals surface area contributed by atoms with Gasteiger partial charge in [-0.2, -0.15) is 0 Å². The quantitative estimate of drug-likeness (QED) is 0.402. The van der Waals surface area contributed by atoms with Crippen molar-refractivity contribution >= 4 is 35.0 Å².